The molecule has 0 aliphatic rings. The average Bonchev–Trinajstić information content (AvgIpc) is 2.38. The van der Waals surface area contributed by atoms with Gasteiger partial charge in [-0.2, -0.15) is 0 Å². The Hall–Kier alpha value is -1.39. The molecule has 0 amide bonds. The van der Waals surface area contributed by atoms with Crippen LogP contribution in [0.4, 0.5) is 0 Å². The van der Waals surface area contributed by atoms with E-state index in [1.807, 2.05) is 43.3 Å². The van der Waals surface area contributed by atoms with Crippen molar-refractivity contribution in [3.05, 3.63) is 58.3 Å². The summed E-state index contributed by atoms with van der Waals surface area (Å²) in [6, 6.07) is 11.6. The Balaban J connectivity index is 2.08. The van der Waals surface area contributed by atoms with Gasteiger partial charge in [0.1, 0.15) is 12.4 Å². The number of nitrogens with two attached hydrogens (primary N) is 1. The highest BCUT2D eigenvalue weighted by molar-refractivity contribution is 9.10. The lowest BCUT2D eigenvalue weighted by Gasteiger charge is -2.13. The molecule has 0 aliphatic heterocycles. The van der Waals surface area contributed by atoms with Crippen molar-refractivity contribution in [3.8, 4) is 5.75 Å². The first-order valence-electron chi connectivity index (χ1n) is 5.74. The van der Waals surface area contributed by atoms with Gasteiger partial charge in [-0.3, -0.25) is 4.98 Å². The molecule has 0 spiro atoms. The third-order valence-electron chi connectivity index (χ3n) is 2.57. The van der Waals surface area contributed by atoms with E-state index >= 15 is 0 Å². The lowest BCUT2D eigenvalue weighted by Crippen LogP contribution is -2.08. The SMILES string of the molecule is C[C@H](N)c1ccccc1OCc1ccc(Br)cn1. The predicted octanol–water partition coefficient (Wildman–Crippen LogP) is 3.44. The number of hydrogen-bond donors (Lipinski definition) is 1. The van der Waals surface area contributed by atoms with Gasteiger partial charge < -0.3 is 10.5 Å². The smallest absolute Gasteiger partial charge is 0.130 e. The van der Waals surface area contributed by atoms with Gasteiger partial charge in [-0.05, 0) is 41.1 Å². The normalized spacial score (nSPS) is 12.2. The van der Waals surface area contributed by atoms with E-state index in [2.05, 4.69) is 20.9 Å². The van der Waals surface area contributed by atoms with Crippen LogP contribution >= 0.6 is 15.9 Å². The van der Waals surface area contributed by atoms with Crippen molar-refractivity contribution in [2.45, 2.75) is 19.6 Å². The van der Waals surface area contributed by atoms with E-state index in [9.17, 15) is 0 Å². The number of halogens is 1. The molecule has 18 heavy (non-hydrogen) atoms. The number of ether oxygens (including phenoxy) is 1. The Bertz CT molecular complexity index is 511. The van der Waals surface area contributed by atoms with E-state index in [4.69, 9.17) is 10.5 Å². The van der Waals surface area contributed by atoms with Crippen LogP contribution in [0.5, 0.6) is 5.75 Å². The summed E-state index contributed by atoms with van der Waals surface area (Å²) >= 11 is 3.35. The van der Waals surface area contributed by atoms with Crippen LogP contribution < -0.4 is 10.5 Å². The fourth-order valence-electron chi connectivity index (χ4n) is 1.63. The lowest BCUT2D eigenvalue weighted by molar-refractivity contribution is 0.296. The highest BCUT2D eigenvalue weighted by atomic mass is 79.9. The molecule has 4 heteroatoms. The second-order valence-electron chi connectivity index (χ2n) is 4.08. The largest absolute Gasteiger partial charge is 0.487 e. The molecule has 0 saturated heterocycles. The fourth-order valence-corrected chi connectivity index (χ4v) is 1.87. The van der Waals surface area contributed by atoms with Gasteiger partial charge in [-0.15, -0.1) is 0 Å². The Labute approximate surface area is 115 Å². The minimum Gasteiger partial charge on any atom is -0.487 e. The second-order valence-corrected chi connectivity index (χ2v) is 5.00. The standard InChI is InChI=1S/C14H15BrN2O/c1-10(16)13-4-2-3-5-14(13)18-9-12-7-6-11(15)8-17-12/h2-8,10H,9,16H2,1H3/t10-/m0/s1. The van der Waals surface area contributed by atoms with E-state index in [0.29, 0.717) is 6.61 Å². The minimum atomic E-state index is -0.0425. The Morgan fingerprint density at radius 1 is 1.28 bits per heavy atom. The van der Waals surface area contributed by atoms with Gasteiger partial charge in [0, 0.05) is 22.3 Å². The third kappa shape index (κ3) is 3.31. The van der Waals surface area contributed by atoms with Crippen molar-refractivity contribution in [2.24, 2.45) is 5.73 Å². The molecule has 2 aromatic rings. The van der Waals surface area contributed by atoms with Gasteiger partial charge in [0.05, 0.1) is 5.69 Å². The zero-order valence-corrected chi connectivity index (χ0v) is 11.7. The molecular weight excluding hydrogens is 292 g/mol. The maximum Gasteiger partial charge on any atom is 0.130 e. The summed E-state index contributed by atoms with van der Waals surface area (Å²) in [5.74, 6) is 0.817. The number of nitrogens with zero attached hydrogens (tertiary/aromatic N) is 1. The summed E-state index contributed by atoms with van der Waals surface area (Å²) < 4.78 is 6.73. The molecule has 3 nitrogen and oxygen atoms in total. The van der Waals surface area contributed by atoms with Crippen molar-refractivity contribution < 1.29 is 4.74 Å². The maximum atomic E-state index is 5.90. The van der Waals surface area contributed by atoms with E-state index in [1.54, 1.807) is 6.20 Å². The second kappa shape index (κ2) is 5.98. The van der Waals surface area contributed by atoms with Crippen molar-refractivity contribution in [1.29, 1.82) is 0 Å². The molecule has 0 saturated carbocycles. The highest BCUT2D eigenvalue weighted by Crippen LogP contribution is 2.23. The van der Waals surface area contributed by atoms with Crippen LogP contribution in [-0.2, 0) is 6.61 Å². The van der Waals surface area contributed by atoms with E-state index in [-0.39, 0.29) is 6.04 Å². The summed E-state index contributed by atoms with van der Waals surface area (Å²) in [6.07, 6.45) is 1.76. The molecule has 2 rings (SSSR count). The van der Waals surface area contributed by atoms with Crippen molar-refractivity contribution in [3.63, 3.8) is 0 Å². The van der Waals surface area contributed by atoms with Crippen LogP contribution in [0.25, 0.3) is 0 Å². The van der Waals surface area contributed by atoms with Gasteiger partial charge in [0.25, 0.3) is 0 Å². The van der Waals surface area contributed by atoms with Gasteiger partial charge in [-0.1, -0.05) is 18.2 Å². The van der Waals surface area contributed by atoms with Crippen LogP contribution in [-0.4, -0.2) is 4.98 Å². The summed E-state index contributed by atoms with van der Waals surface area (Å²) in [6.45, 7) is 2.39. The van der Waals surface area contributed by atoms with E-state index in [0.717, 1.165) is 21.5 Å². The molecule has 1 atom stereocenters. The maximum absolute atomic E-state index is 5.90. The van der Waals surface area contributed by atoms with Crippen LogP contribution in [0.1, 0.15) is 24.2 Å². The molecule has 1 heterocycles. The molecule has 0 bridgehead atoms. The molecule has 1 aromatic carbocycles. The molecular formula is C14H15BrN2O. The number of aromatic nitrogens is 1. The molecule has 0 unspecified atom stereocenters. The summed E-state index contributed by atoms with van der Waals surface area (Å²) in [5, 5.41) is 0. The number of pyridine rings is 1. The van der Waals surface area contributed by atoms with Crippen LogP contribution in [0.2, 0.25) is 0 Å². The van der Waals surface area contributed by atoms with E-state index in [1.165, 1.54) is 0 Å². The van der Waals surface area contributed by atoms with E-state index < -0.39 is 0 Å². The van der Waals surface area contributed by atoms with Crippen LogP contribution in [0.3, 0.4) is 0 Å². The Morgan fingerprint density at radius 2 is 2.06 bits per heavy atom. The first-order valence-corrected chi connectivity index (χ1v) is 6.54. The number of para-hydroxylation sites is 1. The lowest BCUT2D eigenvalue weighted by atomic mass is 10.1. The van der Waals surface area contributed by atoms with Crippen molar-refractivity contribution in [1.82, 2.24) is 4.98 Å². The van der Waals surface area contributed by atoms with Gasteiger partial charge >= 0.3 is 0 Å². The van der Waals surface area contributed by atoms with Crippen molar-refractivity contribution in [2.75, 3.05) is 0 Å². The zero-order valence-electron chi connectivity index (χ0n) is 10.1. The van der Waals surface area contributed by atoms with Crippen LogP contribution in [0.15, 0.2) is 47.1 Å². The molecule has 1 aromatic heterocycles. The monoisotopic (exact) mass is 306 g/mol. The number of benzene rings is 1. The quantitative estimate of drug-likeness (QED) is 0.941. The first-order chi connectivity index (χ1) is 8.66. The zero-order chi connectivity index (χ0) is 13.0. The average molecular weight is 307 g/mol. The minimum absolute atomic E-state index is 0.0425. The summed E-state index contributed by atoms with van der Waals surface area (Å²) in [4.78, 5) is 4.26. The molecule has 94 valence electrons. The topological polar surface area (TPSA) is 48.1 Å². The molecule has 2 N–H and O–H groups in total. The molecule has 0 aliphatic carbocycles. The van der Waals surface area contributed by atoms with Crippen LogP contribution in [0, 0.1) is 0 Å². The first kappa shape index (κ1) is 13.1. The third-order valence-corrected chi connectivity index (χ3v) is 3.04. The molecule has 0 radical (unpaired) electrons. The molecule has 0 fully saturated rings. The Kier molecular flexibility index (Phi) is 4.33. The van der Waals surface area contributed by atoms with Gasteiger partial charge in [-0.25, -0.2) is 0 Å². The van der Waals surface area contributed by atoms with Crippen molar-refractivity contribution >= 4 is 15.9 Å². The predicted molar refractivity (Wildman–Crippen MR) is 75.3 cm³/mol. The fraction of sp³-hybridized carbons (Fsp3) is 0.214. The van der Waals surface area contributed by atoms with Gasteiger partial charge in [0.15, 0.2) is 0 Å². The Morgan fingerprint density at radius 3 is 2.72 bits per heavy atom. The van der Waals surface area contributed by atoms with Gasteiger partial charge in [0.2, 0.25) is 0 Å². The summed E-state index contributed by atoms with van der Waals surface area (Å²) in [7, 11) is 0. The number of rotatable bonds is 4. The summed E-state index contributed by atoms with van der Waals surface area (Å²) in [5.41, 5.74) is 7.80. The highest BCUT2D eigenvalue weighted by Gasteiger charge is 2.07. The number of hydrogen-bond acceptors (Lipinski definition) is 3.